The molecule has 2 N–H and O–H groups in total. The SMILES string of the molecule is CC(C)N=C(N)C(F)(F)F. The van der Waals surface area contributed by atoms with Crippen LogP contribution in [-0.4, -0.2) is 18.1 Å². The Morgan fingerprint density at radius 3 is 1.90 bits per heavy atom. The fourth-order valence-corrected chi connectivity index (χ4v) is 0.351. The van der Waals surface area contributed by atoms with Crippen molar-refractivity contribution in [2.75, 3.05) is 0 Å². The highest BCUT2D eigenvalue weighted by Crippen LogP contribution is 2.14. The fourth-order valence-electron chi connectivity index (χ4n) is 0.351. The molecule has 0 aromatic carbocycles. The lowest BCUT2D eigenvalue weighted by molar-refractivity contribution is -0.0601. The highest BCUT2D eigenvalue weighted by molar-refractivity contribution is 5.85. The predicted octanol–water partition coefficient (Wildman–Crippen LogP) is 1.31. The van der Waals surface area contributed by atoms with Crippen LogP contribution in [0.4, 0.5) is 13.2 Å². The molecule has 0 fully saturated rings. The van der Waals surface area contributed by atoms with Crippen LogP contribution in [0, 0.1) is 0 Å². The van der Waals surface area contributed by atoms with Gasteiger partial charge in [0.2, 0.25) is 5.84 Å². The van der Waals surface area contributed by atoms with E-state index in [2.05, 4.69) is 10.7 Å². The van der Waals surface area contributed by atoms with E-state index in [1.165, 1.54) is 13.8 Å². The summed E-state index contributed by atoms with van der Waals surface area (Å²) in [6, 6.07) is -0.415. The Kier molecular flexibility index (Phi) is 2.68. The minimum Gasteiger partial charge on any atom is -0.380 e. The molecule has 0 unspecified atom stereocenters. The van der Waals surface area contributed by atoms with Gasteiger partial charge < -0.3 is 5.73 Å². The van der Waals surface area contributed by atoms with Gasteiger partial charge in [-0.15, -0.1) is 0 Å². The molecule has 0 aromatic heterocycles. The molecule has 0 spiro atoms. The Hall–Kier alpha value is -0.740. The molecule has 0 atom stereocenters. The van der Waals surface area contributed by atoms with Gasteiger partial charge in [0.05, 0.1) is 0 Å². The summed E-state index contributed by atoms with van der Waals surface area (Å²) in [5.74, 6) is -1.26. The molecule has 0 saturated carbocycles. The third-order valence-corrected chi connectivity index (χ3v) is 0.688. The van der Waals surface area contributed by atoms with Crippen LogP contribution >= 0.6 is 0 Å². The molecule has 10 heavy (non-hydrogen) atoms. The van der Waals surface area contributed by atoms with Crippen molar-refractivity contribution in [1.82, 2.24) is 0 Å². The normalized spacial score (nSPS) is 14.4. The number of halogens is 3. The molecule has 0 saturated heterocycles. The first-order chi connectivity index (χ1) is 4.34. The number of aliphatic imine (C=N–C) groups is 1. The second kappa shape index (κ2) is 2.90. The Bertz CT molecular complexity index is 136. The van der Waals surface area contributed by atoms with E-state index in [-0.39, 0.29) is 0 Å². The number of alkyl halides is 3. The number of nitrogens with two attached hydrogens (primary N) is 1. The largest absolute Gasteiger partial charge is 0.448 e. The zero-order valence-corrected chi connectivity index (χ0v) is 5.74. The van der Waals surface area contributed by atoms with Crippen molar-refractivity contribution in [2.45, 2.75) is 26.1 Å². The van der Waals surface area contributed by atoms with Crippen molar-refractivity contribution in [3.05, 3.63) is 0 Å². The molecule has 5 heteroatoms. The zero-order valence-electron chi connectivity index (χ0n) is 5.74. The monoisotopic (exact) mass is 154 g/mol. The number of amidine groups is 1. The fraction of sp³-hybridized carbons (Fsp3) is 0.800. The highest BCUT2D eigenvalue weighted by atomic mass is 19.4. The van der Waals surface area contributed by atoms with Gasteiger partial charge in [-0.2, -0.15) is 13.2 Å². The van der Waals surface area contributed by atoms with Crippen molar-refractivity contribution >= 4 is 5.84 Å². The van der Waals surface area contributed by atoms with Gasteiger partial charge >= 0.3 is 6.18 Å². The molecule has 0 rings (SSSR count). The Morgan fingerprint density at radius 1 is 1.40 bits per heavy atom. The number of hydrogen-bond donors (Lipinski definition) is 1. The molecule has 60 valence electrons. The minimum atomic E-state index is -4.48. The summed E-state index contributed by atoms with van der Waals surface area (Å²) in [7, 11) is 0. The van der Waals surface area contributed by atoms with Gasteiger partial charge in [-0.25, -0.2) is 0 Å². The van der Waals surface area contributed by atoms with Crippen LogP contribution in [-0.2, 0) is 0 Å². The summed E-state index contributed by atoms with van der Waals surface area (Å²) in [4.78, 5) is 3.12. The van der Waals surface area contributed by atoms with Crippen molar-refractivity contribution in [3.8, 4) is 0 Å². The first kappa shape index (κ1) is 9.26. The summed E-state index contributed by atoms with van der Waals surface area (Å²) >= 11 is 0. The van der Waals surface area contributed by atoms with E-state index >= 15 is 0 Å². The Labute approximate surface area is 56.9 Å². The lowest BCUT2D eigenvalue weighted by Gasteiger charge is -2.05. The number of hydrogen-bond acceptors (Lipinski definition) is 1. The van der Waals surface area contributed by atoms with Gasteiger partial charge in [-0.1, -0.05) is 0 Å². The van der Waals surface area contributed by atoms with Crippen LogP contribution in [0.25, 0.3) is 0 Å². The van der Waals surface area contributed by atoms with E-state index in [4.69, 9.17) is 0 Å². The van der Waals surface area contributed by atoms with Crippen molar-refractivity contribution < 1.29 is 13.2 Å². The average molecular weight is 154 g/mol. The lowest BCUT2D eigenvalue weighted by atomic mass is 10.4. The first-order valence-electron chi connectivity index (χ1n) is 2.74. The van der Waals surface area contributed by atoms with E-state index < -0.39 is 18.1 Å². The van der Waals surface area contributed by atoms with Crippen LogP contribution in [0.1, 0.15) is 13.8 Å². The van der Waals surface area contributed by atoms with Crippen LogP contribution in [0.2, 0.25) is 0 Å². The molecule has 0 aliphatic rings. The van der Waals surface area contributed by atoms with Crippen LogP contribution < -0.4 is 5.73 Å². The minimum absolute atomic E-state index is 0.415. The van der Waals surface area contributed by atoms with E-state index in [1.54, 1.807) is 0 Å². The highest BCUT2D eigenvalue weighted by Gasteiger charge is 2.33. The van der Waals surface area contributed by atoms with Crippen LogP contribution in [0.5, 0.6) is 0 Å². The van der Waals surface area contributed by atoms with Gasteiger partial charge in [0.1, 0.15) is 0 Å². The van der Waals surface area contributed by atoms with E-state index in [9.17, 15) is 13.2 Å². The quantitative estimate of drug-likeness (QED) is 0.449. The third-order valence-electron chi connectivity index (χ3n) is 0.688. The Balaban J connectivity index is 4.20. The summed E-state index contributed by atoms with van der Waals surface area (Å²) in [5, 5.41) is 0. The maximum Gasteiger partial charge on any atom is 0.448 e. The van der Waals surface area contributed by atoms with Crippen molar-refractivity contribution in [2.24, 2.45) is 10.7 Å². The lowest BCUT2D eigenvalue weighted by Crippen LogP contribution is -2.32. The molecule has 0 heterocycles. The van der Waals surface area contributed by atoms with E-state index in [1.807, 2.05) is 0 Å². The number of nitrogens with zero attached hydrogens (tertiary/aromatic N) is 1. The molecular formula is C5H9F3N2. The maximum absolute atomic E-state index is 11.6. The van der Waals surface area contributed by atoms with Gasteiger partial charge in [-0.05, 0) is 13.8 Å². The molecule has 0 bridgehead atoms. The summed E-state index contributed by atoms with van der Waals surface area (Å²) in [6.07, 6.45) is -4.48. The second-order valence-corrected chi connectivity index (χ2v) is 2.11. The zero-order chi connectivity index (χ0) is 8.36. The van der Waals surface area contributed by atoms with Crippen molar-refractivity contribution in [1.29, 1.82) is 0 Å². The van der Waals surface area contributed by atoms with Gasteiger partial charge in [0.25, 0.3) is 0 Å². The van der Waals surface area contributed by atoms with Gasteiger partial charge in [0, 0.05) is 6.04 Å². The molecule has 0 aliphatic carbocycles. The molecule has 0 amide bonds. The van der Waals surface area contributed by atoms with Gasteiger partial charge in [-0.3, -0.25) is 4.99 Å². The smallest absolute Gasteiger partial charge is 0.380 e. The van der Waals surface area contributed by atoms with Crippen LogP contribution in [0.3, 0.4) is 0 Å². The second-order valence-electron chi connectivity index (χ2n) is 2.11. The van der Waals surface area contributed by atoms with Gasteiger partial charge in [0.15, 0.2) is 0 Å². The van der Waals surface area contributed by atoms with Crippen LogP contribution in [0.15, 0.2) is 4.99 Å². The standard InChI is InChI=1S/C5H9F3N2/c1-3(2)10-4(9)5(6,7)8/h3H,1-2H3,(H2,9,10). The summed E-state index contributed by atoms with van der Waals surface area (Å²) in [5.41, 5.74) is 4.58. The summed E-state index contributed by atoms with van der Waals surface area (Å²) in [6.45, 7) is 3.05. The molecule has 0 aliphatic heterocycles. The summed E-state index contributed by atoms with van der Waals surface area (Å²) < 4.78 is 34.7. The number of rotatable bonds is 1. The predicted molar refractivity (Wildman–Crippen MR) is 32.8 cm³/mol. The Morgan fingerprint density at radius 2 is 1.80 bits per heavy atom. The third kappa shape index (κ3) is 3.32. The average Bonchev–Trinajstić information content (AvgIpc) is 1.60. The first-order valence-corrected chi connectivity index (χ1v) is 2.74. The topological polar surface area (TPSA) is 38.4 Å². The maximum atomic E-state index is 11.6. The van der Waals surface area contributed by atoms with E-state index in [0.717, 1.165) is 0 Å². The molecular weight excluding hydrogens is 145 g/mol. The molecule has 0 aromatic rings. The van der Waals surface area contributed by atoms with Crippen molar-refractivity contribution in [3.63, 3.8) is 0 Å². The van der Waals surface area contributed by atoms with E-state index in [0.29, 0.717) is 0 Å². The molecule has 0 radical (unpaired) electrons. The molecule has 2 nitrogen and oxygen atoms in total.